The number of hydrogen-bond acceptors (Lipinski definition) is 5. The van der Waals surface area contributed by atoms with Gasteiger partial charge in [-0.1, -0.05) is 0 Å². The van der Waals surface area contributed by atoms with Crippen molar-refractivity contribution in [2.45, 2.75) is 6.42 Å². The molecule has 78 valence electrons. The van der Waals surface area contributed by atoms with E-state index >= 15 is 0 Å². The molecule has 0 unspecified atom stereocenters. The Kier molecular flexibility index (Phi) is 4.04. The summed E-state index contributed by atoms with van der Waals surface area (Å²) in [6.07, 6.45) is 1.84. The van der Waals surface area contributed by atoms with E-state index in [2.05, 4.69) is 20.6 Å². The molecule has 15 heavy (non-hydrogen) atoms. The molecule has 0 fully saturated rings. The number of carbonyl (C=O) groups is 1. The first-order valence-corrected chi connectivity index (χ1v) is 4.44. The molecule has 0 radical (unpaired) electrons. The van der Waals surface area contributed by atoms with Crippen LogP contribution in [-0.2, 0) is 4.79 Å². The summed E-state index contributed by atoms with van der Waals surface area (Å²) < 4.78 is 0. The quantitative estimate of drug-likeness (QED) is 0.716. The molecule has 6 heteroatoms. The number of hydrogen-bond donors (Lipinski definition) is 2. The van der Waals surface area contributed by atoms with Crippen LogP contribution in [0.15, 0.2) is 12.3 Å². The number of amides is 1. The van der Waals surface area contributed by atoms with E-state index in [-0.39, 0.29) is 5.91 Å². The topological polar surface area (TPSA) is 90.7 Å². The van der Waals surface area contributed by atoms with E-state index in [4.69, 9.17) is 5.26 Å². The maximum Gasteiger partial charge on any atom is 0.223 e. The molecule has 0 saturated heterocycles. The van der Waals surface area contributed by atoms with Crippen LogP contribution in [0.1, 0.15) is 12.1 Å². The minimum Gasteiger partial charge on any atom is -0.359 e. The molecule has 0 bridgehead atoms. The second kappa shape index (κ2) is 5.54. The highest BCUT2D eigenvalue weighted by Gasteiger charge is 2.00. The highest BCUT2D eigenvalue weighted by atomic mass is 16.1. The summed E-state index contributed by atoms with van der Waals surface area (Å²) in [6.45, 7) is 0.439. The molecule has 0 atom stereocenters. The lowest BCUT2D eigenvalue weighted by Crippen LogP contribution is -2.21. The van der Waals surface area contributed by atoms with Crippen LogP contribution >= 0.6 is 0 Å². The summed E-state index contributed by atoms with van der Waals surface area (Å²) in [5.74, 6) is 0.303. The zero-order valence-electron chi connectivity index (χ0n) is 8.32. The van der Waals surface area contributed by atoms with Crippen molar-refractivity contribution in [3.63, 3.8) is 0 Å². The van der Waals surface area contributed by atoms with Crippen LogP contribution in [0, 0.1) is 11.3 Å². The molecule has 0 spiro atoms. The van der Waals surface area contributed by atoms with Crippen molar-refractivity contribution in [3.8, 4) is 6.07 Å². The second-order valence-corrected chi connectivity index (χ2v) is 2.73. The summed E-state index contributed by atoms with van der Waals surface area (Å²) >= 11 is 0. The number of rotatable bonds is 4. The Hall–Kier alpha value is -2.16. The molecule has 0 aliphatic carbocycles. The van der Waals surface area contributed by atoms with Crippen molar-refractivity contribution in [2.24, 2.45) is 0 Å². The van der Waals surface area contributed by atoms with Crippen LogP contribution in [0.25, 0.3) is 0 Å². The van der Waals surface area contributed by atoms with Gasteiger partial charge < -0.3 is 10.6 Å². The maximum atomic E-state index is 10.9. The zero-order chi connectivity index (χ0) is 11.1. The third-order valence-corrected chi connectivity index (χ3v) is 1.68. The molecule has 6 nitrogen and oxygen atoms in total. The number of carbonyl (C=O) groups excluding carboxylic acids is 1. The van der Waals surface area contributed by atoms with Crippen molar-refractivity contribution in [1.82, 2.24) is 15.3 Å². The number of aromatic nitrogens is 2. The number of nitrogens with one attached hydrogen (secondary N) is 2. The first kappa shape index (κ1) is 10.9. The fourth-order valence-electron chi connectivity index (χ4n) is 0.919. The third kappa shape index (κ3) is 3.60. The Bertz CT molecular complexity index is 384. The van der Waals surface area contributed by atoms with E-state index in [9.17, 15) is 4.79 Å². The van der Waals surface area contributed by atoms with Crippen molar-refractivity contribution in [2.75, 3.05) is 18.9 Å². The minimum atomic E-state index is -0.0565. The first-order chi connectivity index (χ1) is 7.26. The fraction of sp³-hybridized carbons (Fsp3) is 0.333. The molecular weight excluding hydrogens is 194 g/mol. The molecule has 1 aromatic rings. The average Bonchev–Trinajstić information content (AvgIpc) is 2.29. The van der Waals surface area contributed by atoms with Crippen molar-refractivity contribution in [3.05, 3.63) is 18.0 Å². The minimum absolute atomic E-state index is 0.0565. The molecule has 1 aromatic heterocycles. The second-order valence-electron chi connectivity index (χ2n) is 2.73. The van der Waals surface area contributed by atoms with Crippen LogP contribution in [0.5, 0.6) is 0 Å². The van der Waals surface area contributed by atoms with Gasteiger partial charge in [-0.15, -0.1) is 0 Å². The van der Waals surface area contributed by atoms with Gasteiger partial charge in [-0.3, -0.25) is 4.79 Å². The summed E-state index contributed by atoms with van der Waals surface area (Å²) in [4.78, 5) is 18.7. The zero-order valence-corrected chi connectivity index (χ0v) is 8.32. The predicted molar refractivity (Wildman–Crippen MR) is 53.9 cm³/mol. The molecule has 0 aliphatic heterocycles. The summed E-state index contributed by atoms with van der Waals surface area (Å²) in [7, 11) is 1.58. The standard InChI is InChI=1S/C9H11N5O/c1-11-8(15)3-5-13-9-12-4-2-7(6-10)14-9/h2,4H,3,5H2,1H3,(H,11,15)(H,12,13,14). The Morgan fingerprint density at radius 1 is 1.67 bits per heavy atom. The van der Waals surface area contributed by atoms with Gasteiger partial charge in [0.05, 0.1) is 0 Å². The van der Waals surface area contributed by atoms with Gasteiger partial charge in [0.15, 0.2) is 0 Å². The van der Waals surface area contributed by atoms with Gasteiger partial charge >= 0.3 is 0 Å². The highest BCUT2D eigenvalue weighted by Crippen LogP contribution is 1.98. The van der Waals surface area contributed by atoms with E-state index in [1.807, 2.05) is 6.07 Å². The van der Waals surface area contributed by atoms with Crippen LogP contribution in [0.2, 0.25) is 0 Å². The van der Waals surface area contributed by atoms with Crippen molar-refractivity contribution in [1.29, 1.82) is 5.26 Å². The summed E-state index contributed by atoms with van der Waals surface area (Å²) in [6, 6.07) is 3.43. The summed E-state index contributed by atoms with van der Waals surface area (Å²) in [5.41, 5.74) is 0.299. The van der Waals surface area contributed by atoms with Crippen LogP contribution in [0.3, 0.4) is 0 Å². The molecule has 0 aromatic carbocycles. The van der Waals surface area contributed by atoms with E-state index in [1.54, 1.807) is 7.05 Å². The largest absolute Gasteiger partial charge is 0.359 e. The van der Waals surface area contributed by atoms with E-state index in [0.29, 0.717) is 24.6 Å². The number of anilines is 1. The summed E-state index contributed by atoms with van der Waals surface area (Å²) in [5, 5.41) is 13.9. The van der Waals surface area contributed by atoms with Crippen LogP contribution in [-0.4, -0.2) is 29.5 Å². The Labute approximate surface area is 87.3 Å². The van der Waals surface area contributed by atoms with Gasteiger partial charge in [0.25, 0.3) is 0 Å². The lowest BCUT2D eigenvalue weighted by Gasteiger charge is -2.03. The Morgan fingerprint density at radius 3 is 3.13 bits per heavy atom. The molecular formula is C9H11N5O. The van der Waals surface area contributed by atoms with Crippen molar-refractivity contribution >= 4 is 11.9 Å². The number of nitriles is 1. The van der Waals surface area contributed by atoms with Crippen LogP contribution < -0.4 is 10.6 Å². The van der Waals surface area contributed by atoms with E-state index in [1.165, 1.54) is 12.3 Å². The molecule has 1 rings (SSSR count). The molecule has 2 N–H and O–H groups in total. The smallest absolute Gasteiger partial charge is 0.223 e. The monoisotopic (exact) mass is 205 g/mol. The van der Waals surface area contributed by atoms with Gasteiger partial charge in [-0.2, -0.15) is 5.26 Å². The van der Waals surface area contributed by atoms with Gasteiger partial charge in [-0.05, 0) is 6.07 Å². The lowest BCUT2D eigenvalue weighted by atomic mass is 10.4. The molecule has 0 saturated carbocycles. The van der Waals surface area contributed by atoms with Gasteiger partial charge in [0, 0.05) is 26.2 Å². The molecule has 0 aliphatic rings. The highest BCUT2D eigenvalue weighted by molar-refractivity contribution is 5.75. The third-order valence-electron chi connectivity index (χ3n) is 1.68. The van der Waals surface area contributed by atoms with Gasteiger partial charge in [-0.25, -0.2) is 9.97 Å². The van der Waals surface area contributed by atoms with Crippen molar-refractivity contribution < 1.29 is 4.79 Å². The lowest BCUT2D eigenvalue weighted by molar-refractivity contribution is -0.120. The fourth-order valence-corrected chi connectivity index (χ4v) is 0.919. The Balaban J connectivity index is 2.44. The maximum absolute atomic E-state index is 10.9. The predicted octanol–water partition coefficient (Wildman–Crippen LogP) is -0.104. The SMILES string of the molecule is CNC(=O)CCNc1nccc(C#N)n1. The van der Waals surface area contributed by atoms with Crippen LogP contribution in [0.4, 0.5) is 5.95 Å². The average molecular weight is 205 g/mol. The first-order valence-electron chi connectivity index (χ1n) is 4.44. The van der Waals surface area contributed by atoms with E-state index in [0.717, 1.165) is 0 Å². The van der Waals surface area contributed by atoms with Gasteiger partial charge in [0.2, 0.25) is 11.9 Å². The van der Waals surface area contributed by atoms with Gasteiger partial charge in [0.1, 0.15) is 11.8 Å². The van der Waals surface area contributed by atoms with E-state index < -0.39 is 0 Å². The molecule has 1 amide bonds. The Morgan fingerprint density at radius 2 is 2.47 bits per heavy atom. The number of nitrogens with zero attached hydrogens (tertiary/aromatic N) is 3. The normalized spacial score (nSPS) is 9.07. The molecule has 1 heterocycles.